The highest BCUT2D eigenvalue weighted by Crippen LogP contribution is 2.32. The lowest BCUT2D eigenvalue weighted by atomic mass is 10.1. The Morgan fingerprint density at radius 2 is 2.23 bits per heavy atom. The van der Waals surface area contributed by atoms with Crippen LogP contribution in [-0.2, 0) is 6.42 Å². The second-order valence-corrected chi connectivity index (χ2v) is 7.03. The van der Waals surface area contributed by atoms with Crippen molar-refractivity contribution in [1.82, 2.24) is 19.9 Å². The zero-order valence-electron chi connectivity index (χ0n) is 14.9. The van der Waals surface area contributed by atoms with Gasteiger partial charge in [-0.15, -0.1) is 0 Å². The fraction of sp³-hybridized carbons (Fsp3) is 0.333. The number of nitrogens with one attached hydrogen (secondary N) is 2. The zero-order valence-corrected chi connectivity index (χ0v) is 15.7. The molecule has 1 unspecified atom stereocenters. The highest BCUT2D eigenvalue weighted by molar-refractivity contribution is 7.99. The SMILES string of the molecule is CCc1[nH]c2nc(Sc3cccnc3)nc(NCC(C)O)c2c1C(C)=O. The first-order valence-corrected chi connectivity index (χ1v) is 9.24. The van der Waals surface area contributed by atoms with E-state index in [4.69, 9.17) is 0 Å². The number of aromatic amines is 1. The van der Waals surface area contributed by atoms with Crippen molar-refractivity contribution in [2.75, 3.05) is 11.9 Å². The van der Waals surface area contributed by atoms with Gasteiger partial charge in [0.25, 0.3) is 0 Å². The number of Topliss-reactive ketones (excluding diaryl/α,β-unsaturated/α-hetero) is 1. The van der Waals surface area contributed by atoms with Crippen LogP contribution in [-0.4, -0.2) is 43.5 Å². The number of pyridine rings is 1. The molecule has 0 bridgehead atoms. The number of hydrogen-bond acceptors (Lipinski definition) is 7. The van der Waals surface area contributed by atoms with E-state index in [0.29, 0.717) is 40.5 Å². The number of aliphatic hydroxyl groups excluding tert-OH is 1. The first-order chi connectivity index (χ1) is 12.5. The summed E-state index contributed by atoms with van der Waals surface area (Å²) in [6.45, 7) is 5.54. The summed E-state index contributed by atoms with van der Waals surface area (Å²) in [5.74, 6) is 0.507. The van der Waals surface area contributed by atoms with E-state index in [2.05, 4.69) is 25.3 Å². The van der Waals surface area contributed by atoms with E-state index < -0.39 is 6.10 Å². The molecule has 0 aliphatic carbocycles. The molecule has 3 aromatic heterocycles. The van der Waals surface area contributed by atoms with E-state index in [9.17, 15) is 9.90 Å². The van der Waals surface area contributed by atoms with E-state index >= 15 is 0 Å². The monoisotopic (exact) mass is 371 g/mol. The summed E-state index contributed by atoms with van der Waals surface area (Å²) in [7, 11) is 0. The van der Waals surface area contributed by atoms with E-state index in [1.807, 2.05) is 19.1 Å². The van der Waals surface area contributed by atoms with Gasteiger partial charge in [0, 0.05) is 29.5 Å². The van der Waals surface area contributed by atoms with E-state index in [1.54, 1.807) is 26.2 Å². The third-order valence-electron chi connectivity index (χ3n) is 3.82. The average molecular weight is 371 g/mol. The van der Waals surface area contributed by atoms with Gasteiger partial charge in [0.05, 0.1) is 17.1 Å². The summed E-state index contributed by atoms with van der Waals surface area (Å²) in [6.07, 6.45) is 3.60. The Bertz CT molecular complexity index is 924. The molecule has 0 radical (unpaired) electrons. The van der Waals surface area contributed by atoms with Crippen LogP contribution < -0.4 is 5.32 Å². The number of carbonyl (C=O) groups excluding carboxylic acids is 1. The molecule has 0 saturated heterocycles. The average Bonchev–Trinajstić information content (AvgIpc) is 2.99. The van der Waals surface area contributed by atoms with Crippen molar-refractivity contribution in [2.24, 2.45) is 0 Å². The van der Waals surface area contributed by atoms with Gasteiger partial charge >= 0.3 is 0 Å². The molecule has 0 aliphatic heterocycles. The molecule has 0 aromatic carbocycles. The number of H-pyrrole nitrogens is 1. The molecule has 136 valence electrons. The van der Waals surface area contributed by atoms with Crippen LogP contribution in [0.4, 0.5) is 5.82 Å². The minimum atomic E-state index is -0.542. The molecule has 0 spiro atoms. The topological polar surface area (TPSA) is 104 Å². The molecule has 0 aliphatic rings. The first-order valence-electron chi connectivity index (χ1n) is 8.43. The van der Waals surface area contributed by atoms with Crippen LogP contribution in [0.2, 0.25) is 0 Å². The summed E-state index contributed by atoms with van der Waals surface area (Å²) in [4.78, 5) is 29.6. The van der Waals surface area contributed by atoms with Crippen molar-refractivity contribution < 1.29 is 9.90 Å². The van der Waals surface area contributed by atoms with E-state index in [1.165, 1.54) is 11.8 Å². The van der Waals surface area contributed by atoms with Gasteiger partial charge in [-0.3, -0.25) is 9.78 Å². The Hall–Kier alpha value is -2.45. The summed E-state index contributed by atoms with van der Waals surface area (Å²) in [6, 6.07) is 3.78. The van der Waals surface area contributed by atoms with Gasteiger partial charge in [0.1, 0.15) is 11.5 Å². The van der Waals surface area contributed by atoms with Crippen molar-refractivity contribution in [2.45, 2.75) is 43.3 Å². The summed E-state index contributed by atoms with van der Waals surface area (Å²) in [5, 5.41) is 14.0. The van der Waals surface area contributed by atoms with Gasteiger partial charge in [-0.2, -0.15) is 0 Å². The molecule has 8 heteroatoms. The van der Waals surface area contributed by atoms with Crippen molar-refractivity contribution in [3.05, 3.63) is 35.8 Å². The van der Waals surface area contributed by atoms with Crippen molar-refractivity contribution >= 4 is 34.4 Å². The highest BCUT2D eigenvalue weighted by atomic mass is 32.2. The van der Waals surface area contributed by atoms with Crippen LogP contribution in [0.25, 0.3) is 11.0 Å². The highest BCUT2D eigenvalue weighted by Gasteiger charge is 2.21. The molecule has 7 nitrogen and oxygen atoms in total. The van der Waals surface area contributed by atoms with Crippen LogP contribution >= 0.6 is 11.8 Å². The Morgan fingerprint density at radius 3 is 2.85 bits per heavy atom. The van der Waals surface area contributed by atoms with E-state index in [-0.39, 0.29) is 5.78 Å². The summed E-state index contributed by atoms with van der Waals surface area (Å²) < 4.78 is 0. The number of aromatic nitrogens is 4. The van der Waals surface area contributed by atoms with Gasteiger partial charge in [0.15, 0.2) is 10.9 Å². The molecule has 3 aromatic rings. The second-order valence-electron chi connectivity index (χ2n) is 5.99. The number of fused-ring (bicyclic) bond motifs is 1. The number of anilines is 1. The predicted molar refractivity (Wildman–Crippen MR) is 102 cm³/mol. The third-order valence-corrected chi connectivity index (χ3v) is 4.67. The number of rotatable bonds is 7. The first kappa shape index (κ1) is 18.3. The van der Waals surface area contributed by atoms with E-state index in [0.717, 1.165) is 10.6 Å². The van der Waals surface area contributed by atoms with Crippen molar-refractivity contribution in [3.8, 4) is 0 Å². The number of hydrogen-bond donors (Lipinski definition) is 3. The summed E-state index contributed by atoms with van der Waals surface area (Å²) in [5.41, 5.74) is 2.06. The maximum absolute atomic E-state index is 12.2. The van der Waals surface area contributed by atoms with Crippen LogP contribution in [0, 0.1) is 0 Å². The molecule has 0 amide bonds. The number of carbonyl (C=O) groups is 1. The number of aryl methyl sites for hydroxylation is 1. The smallest absolute Gasteiger partial charge is 0.196 e. The van der Waals surface area contributed by atoms with Crippen LogP contribution in [0.5, 0.6) is 0 Å². The lowest BCUT2D eigenvalue weighted by Gasteiger charge is -2.11. The lowest BCUT2D eigenvalue weighted by Crippen LogP contribution is -2.17. The number of ketones is 1. The molecular weight excluding hydrogens is 350 g/mol. The van der Waals surface area contributed by atoms with Gasteiger partial charge in [0.2, 0.25) is 0 Å². The molecule has 0 saturated carbocycles. The number of nitrogens with zero attached hydrogens (tertiary/aromatic N) is 3. The fourth-order valence-electron chi connectivity index (χ4n) is 2.71. The third kappa shape index (κ3) is 3.86. The van der Waals surface area contributed by atoms with Gasteiger partial charge < -0.3 is 15.4 Å². The molecule has 3 heterocycles. The molecule has 26 heavy (non-hydrogen) atoms. The van der Waals surface area contributed by atoms with Crippen LogP contribution in [0.15, 0.2) is 34.6 Å². The quantitative estimate of drug-likeness (QED) is 0.433. The zero-order chi connectivity index (χ0) is 18.7. The lowest BCUT2D eigenvalue weighted by molar-refractivity contribution is 0.101. The van der Waals surface area contributed by atoms with Gasteiger partial charge in [-0.1, -0.05) is 6.92 Å². The Morgan fingerprint density at radius 1 is 1.42 bits per heavy atom. The predicted octanol–water partition coefficient (Wildman–Crippen LogP) is 3.06. The van der Waals surface area contributed by atoms with Crippen LogP contribution in [0.1, 0.15) is 36.8 Å². The largest absolute Gasteiger partial charge is 0.392 e. The Kier molecular flexibility index (Phi) is 5.53. The molecule has 1 atom stereocenters. The minimum absolute atomic E-state index is 0.0375. The second kappa shape index (κ2) is 7.84. The maximum Gasteiger partial charge on any atom is 0.196 e. The molecule has 0 fully saturated rings. The van der Waals surface area contributed by atoms with Crippen molar-refractivity contribution in [1.29, 1.82) is 0 Å². The fourth-order valence-corrected chi connectivity index (χ4v) is 3.45. The molecular formula is C18H21N5O2S. The number of aliphatic hydroxyl groups is 1. The van der Waals surface area contributed by atoms with Crippen molar-refractivity contribution in [3.63, 3.8) is 0 Å². The molecule has 3 N–H and O–H groups in total. The van der Waals surface area contributed by atoms with Gasteiger partial charge in [-0.25, -0.2) is 9.97 Å². The van der Waals surface area contributed by atoms with Crippen LogP contribution in [0.3, 0.4) is 0 Å². The normalized spacial score (nSPS) is 12.3. The Labute approximate surface area is 155 Å². The molecule has 3 rings (SSSR count). The van der Waals surface area contributed by atoms with Gasteiger partial charge in [-0.05, 0) is 44.2 Å². The minimum Gasteiger partial charge on any atom is -0.392 e. The standard InChI is InChI=1S/C18H21N5O2S/c1-4-13-14(11(3)25)15-16(20-8-10(2)24)22-18(23-17(15)21-13)26-12-6-5-7-19-9-12/h5-7,9-10,24H,4,8H2,1-3H3,(H2,20,21,22,23). The maximum atomic E-state index is 12.2. The summed E-state index contributed by atoms with van der Waals surface area (Å²) >= 11 is 1.39. The Balaban J connectivity index is 2.12.